The molecule has 0 aliphatic rings. The van der Waals surface area contributed by atoms with E-state index in [0.717, 1.165) is 0 Å². The van der Waals surface area contributed by atoms with Gasteiger partial charge in [0.15, 0.2) is 0 Å². The fourth-order valence-corrected chi connectivity index (χ4v) is 1.27. The summed E-state index contributed by atoms with van der Waals surface area (Å²) in [6.45, 7) is 0.897. The number of anilines is 1. The van der Waals surface area contributed by atoms with Gasteiger partial charge in [-0.3, -0.25) is 4.79 Å². The molecule has 0 radical (unpaired) electrons. The molecule has 5 heteroatoms. The maximum Gasteiger partial charge on any atom is 0.253 e. The summed E-state index contributed by atoms with van der Waals surface area (Å²) in [5, 5.41) is 2.89. The molecule has 0 spiro atoms. The van der Waals surface area contributed by atoms with E-state index in [9.17, 15) is 9.18 Å². The van der Waals surface area contributed by atoms with E-state index < -0.39 is 11.7 Å². The molecule has 1 aromatic rings. The molecule has 0 saturated carbocycles. The van der Waals surface area contributed by atoms with E-state index in [1.807, 2.05) is 0 Å². The van der Waals surface area contributed by atoms with Crippen LogP contribution >= 0.6 is 0 Å². The van der Waals surface area contributed by atoms with Gasteiger partial charge < -0.3 is 16.8 Å². The second-order valence-corrected chi connectivity index (χ2v) is 3.11. The van der Waals surface area contributed by atoms with E-state index in [2.05, 4.69) is 5.32 Å². The normalized spacial score (nSPS) is 10.6. The Morgan fingerprint density at radius 3 is 2.81 bits per heavy atom. The molecule has 1 rings (SSSR count). The van der Waals surface area contributed by atoms with Crippen molar-refractivity contribution in [1.82, 2.24) is 0 Å². The minimum Gasteiger partial charge on any atom is -0.381 e. The zero-order valence-corrected chi connectivity index (χ0v) is 8.74. The van der Waals surface area contributed by atoms with Crippen LogP contribution in [0.15, 0.2) is 30.4 Å². The van der Waals surface area contributed by atoms with Crippen LogP contribution in [0.1, 0.15) is 10.4 Å². The van der Waals surface area contributed by atoms with Gasteiger partial charge in [0.1, 0.15) is 5.82 Å². The summed E-state index contributed by atoms with van der Waals surface area (Å²) < 4.78 is 13.3. The van der Waals surface area contributed by atoms with Crippen LogP contribution in [0.3, 0.4) is 0 Å². The van der Waals surface area contributed by atoms with Crippen molar-refractivity contribution >= 4 is 11.6 Å². The standard InChI is InChI=1S/C11H14FN3O/c12-8-4-3-5-9(10(8)11(14)16)15-7-2-1-6-13/h1-5,15H,6-7,13H2,(H2,14,16)/b2-1+. The lowest BCUT2D eigenvalue weighted by Gasteiger charge is -2.08. The van der Waals surface area contributed by atoms with Gasteiger partial charge in [0.25, 0.3) is 5.91 Å². The van der Waals surface area contributed by atoms with Gasteiger partial charge in [-0.1, -0.05) is 18.2 Å². The Morgan fingerprint density at radius 2 is 2.19 bits per heavy atom. The fourth-order valence-electron chi connectivity index (χ4n) is 1.27. The number of benzene rings is 1. The van der Waals surface area contributed by atoms with Crippen LogP contribution in [-0.2, 0) is 0 Å². The quantitative estimate of drug-likeness (QED) is 0.647. The molecule has 0 fully saturated rings. The number of nitrogens with one attached hydrogen (secondary N) is 1. The number of amides is 1. The Bertz CT molecular complexity index is 404. The highest BCUT2D eigenvalue weighted by Crippen LogP contribution is 2.17. The van der Waals surface area contributed by atoms with Gasteiger partial charge in [0.05, 0.1) is 11.3 Å². The van der Waals surface area contributed by atoms with Gasteiger partial charge in [0.2, 0.25) is 0 Å². The minimum atomic E-state index is -0.789. The number of rotatable bonds is 5. The first-order valence-electron chi connectivity index (χ1n) is 4.84. The third-order valence-corrected chi connectivity index (χ3v) is 1.97. The number of carbonyl (C=O) groups excluding carboxylic acids is 1. The predicted molar refractivity (Wildman–Crippen MR) is 61.6 cm³/mol. The van der Waals surface area contributed by atoms with E-state index in [0.29, 0.717) is 18.8 Å². The summed E-state index contributed by atoms with van der Waals surface area (Å²) in [7, 11) is 0. The van der Waals surface area contributed by atoms with E-state index in [1.165, 1.54) is 12.1 Å². The topological polar surface area (TPSA) is 81.1 Å². The van der Waals surface area contributed by atoms with Crippen molar-refractivity contribution in [2.75, 3.05) is 18.4 Å². The summed E-state index contributed by atoms with van der Waals surface area (Å²) in [6.07, 6.45) is 3.55. The summed E-state index contributed by atoms with van der Waals surface area (Å²) in [5.74, 6) is -1.41. The maximum absolute atomic E-state index is 13.3. The van der Waals surface area contributed by atoms with Crippen molar-refractivity contribution in [2.45, 2.75) is 0 Å². The summed E-state index contributed by atoms with van der Waals surface area (Å²) in [4.78, 5) is 11.0. The minimum absolute atomic E-state index is 0.122. The van der Waals surface area contributed by atoms with E-state index in [-0.39, 0.29) is 5.56 Å². The molecule has 0 aliphatic heterocycles. The monoisotopic (exact) mass is 223 g/mol. The van der Waals surface area contributed by atoms with Gasteiger partial charge in [-0.05, 0) is 12.1 Å². The highest BCUT2D eigenvalue weighted by Gasteiger charge is 2.12. The van der Waals surface area contributed by atoms with E-state index >= 15 is 0 Å². The third-order valence-electron chi connectivity index (χ3n) is 1.97. The van der Waals surface area contributed by atoms with Crippen molar-refractivity contribution in [3.8, 4) is 0 Å². The van der Waals surface area contributed by atoms with Crippen LogP contribution in [-0.4, -0.2) is 19.0 Å². The van der Waals surface area contributed by atoms with Crippen LogP contribution in [0.25, 0.3) is 0 Å². The first kappa shape index (κ1) is 12.2. The van der Waals surface area contributed by atoms with E-state index in [1.54, 1.807) is 18.2 Å². The zero-order chi connectivity index (χ0) is 12.0. The second-order valence-electron chi connectivity index (χ2n) is 3.11. The highest BCUT2D eigenvalue weighted by molar-refractivity contribution is 5.98. The smallest absolute Gasteiger partial charge is 0.253 e. The molecule has 0 heterocycles. The molecular weight excluding hydrogens is 209 g/mol. The van der Waals surface area contributed by atoms with Gasteiger partial charge in [-0.25, -0.2) is 4.39 Å². The molecule has 1 amide bonds. The number of hydrogen-bond donors (Lipinski definition) is 3. The molecule has 5 N–H and O–H groups in total. The van der Waals surface area contributed by atoms with Gasteiger partial charge in [-0.2, -0.15) is 0 Å². The Balaban J connectivity index is 2.83. The Morgan fingerprint density at radius 1 is 1.44 bits per heavy atom. The molecular formula is C11H14FN3O. The first-order chi connectivity index (χ1) is 7.66. The SMILES string of the molecule is NC/C=C/CNc1cccc(F)c1C(N)=O. The second kappa shape index (κ2) is 5.87. The van der Waals surface area contributed by atoms with Crippen LogP contribution in [0.2, 0.25) is 0 Å². The highest BCUT2D eigenvalue weighted by atomic mass is 19.1. The lowest BCUT2D eigenvalue weighted by molar-refractivity contribution is 0.0997. The van der Waals surface area contributed by atoms with Crippen LogP contribution in [0, 0.1) is 5.82 Å². The average molecular weight is 223 g/mol. The summed E-state index contributed by atoms with van der Waals surface area (Å²) in [6, 6.07) is 4.30. The molecule has 0 aromatic heterocycles. The zero-order valence-electron chi connectivity index (χ0n) is 8.74. The average Bonchev–Trinajstić information content (AvgIpc) is 2.24. The number of primary amides is 1. The summed E-state index contributed by atoms with van der Waals surface area (Å²) >= 11 is 0. The molecule has 4 nitrogen and oxygen atoms in total. The lowest BCUT2D eigenvalue weighted by Crippen LogP contribution is -2.16. The van der Waals surface area contributed by atoms with Crippen molar-refractivity contribution in [1.29, 1.82) is 0 Å². The molecule has 0 bridgehead atoms. The van der Waals surface area contributed by atoms with Crippen LogP contribution in [0.4, 0.5) is 10.1 Å². The third kappa shape index (κ3) is 3.06. The maximum atomic E-state index is 13.3. The van der Waals surface area contributed by atoms with Crippen molar-refractivity contribution in [2.24, 2.45) is 11.5 Å². The van der Waals surface area contributed by atoms with Crippen molar-refractivity contribution < 1.29 is 9.18 Å². The lowest BCUT2D eigenvalue weighted by atomic mass is 10.1. The first-order valence-corrected chi connectivity index (χ1v) is 4.84. The molecule has 86 valence electrons. The number of halogens is 1. The largest absolute Gasteiger partial charge is 0.381 e. The van der Waals surface area contributed by atoms with Gasteiger partial charge in [0, 0.05) is 13.1 Å². The van der Waals surface area contributed by atoms with Crippen LogP contribution in [0.5, 0.6) is 0 Å². The fraction of sp³-hybridized carbons (Fsp3) is 0.182. The number of carbonyl (C=O) groups is 1. The molecule has 0 unspecified atom stereocenters. The van der Waals surface area contributed by atoms with Crippen molar-refractivity contribution in [3.63, 3.8) is 0 Å². The van der Waals surface area contributed by atoms with E-state index in [4.69, 9.17) is 11.5 Å². The Labute approximate surface area is 93.1 Å². The molecule has 0 aliphatic carbocycles. The number of nitrogens with two attached hydrogens (primary N) is 2. The molecule has 0 atom stereocenters. The van der Waals surface area contributed by atoms with Crippen molar-refractivity contribution in [3.05, 3.63) is 41.7 Å². The van der Waals surface area contributed by atoms with Gasteiger partial charge in [-0.15, -0.1) is 0 Å². The number of hydrogen-bond acceptors (Lipinski definition) is 3. The van der Waals surface area contributed by atoms with Crippen LogP contribution < -0.4 is 16.8 Å². The Kier molecular flexibility index (Phi) is 4.47. The molecule has 0 saturated heterocycles. The molecule has 16 heavy (non-hydrogen) atoms. The Hall–Kier alpha value is -1.88. The summed E-state index contributed by atoms with van der Waals surface area (Å²) in [5.41, 5.74) is 10.6. The van der Waals surface area contributed by atoms with Gasteiger partial charge >= 0.3 is 0 Å². The molecule has 1 aromatic carbocycles. The predicted octanol–water partition coefficient (Wildman–Crippen LogP) is 0.851.